The van der Waals surface area contributed by atoms with Crippen molar-refractivity contribution in [1.82, 2.24) is 0 Å². The number of rotatable bonds is 7. The molecule has 0 saturated heterocycles. The Balaban J connectivity index is 3.09. The van der Waals surface area contributed by atoms with E-state index in [1.165, 1.54) is 0 Å². The monoisotopic (exact) mass is 262 g/mol. The quantitative estimate of drug-likeness (QED) is 0.820. The van der Waals surface area contributed by atoms with E-state index >= 15 is 0 Å². The number of hydrogen-bond acceptors (Lipinski definition) is 4. The summed E-state index contributed by atoms with van der Waals surface area (Å²) in [6.07, 6.45) is 0.862. The van der Waals surface area contributed by atoms with Gasteiger partial charge in [-0.25, -0.2) is 0 Å². The summed E-state index contributed by atoms with van der Waals surface area (Å²) >= 11 is 0. The second kappa shape index (κ2) is 7.65. The molecule has 0 amide bonds. The van der Waals surface area contributed by atoms with Crippen molar-refractivity contribution in [3.8, 4) is 17.6 Å². The van der Waals surface area contributed by atoms with Crippen LogP contribution < -0.4 is 15.2 Å². The van der Waals surface area contributed by atoms with Crippen molar-refractivity contribution in [2.45, 2.75) is 45.8 Å². The summed E-state index contributed by atoms with van der Waals surface area (Å²) in [5, 5.41) is 9.04. The van der Waals surface area contributed by atoms with Crippen LogP contribution in [0.1, 0.15) is 32.8 Å². The molecule has 0 heterocycles. The van der Waals surface area contributed by atoms with Gasteiger partial charge in [-0.1, -0.05) is 19.1 Å². The lowest BCUT2D eigenvalue weighted by molar-refractivity contribution is 0.229. The van der Waals surface area contributed by atoms with Crippen molar-refractivity contribution >= 4 is 0 Å². The number of ether oxygens (including phenoxy) is 2. The molecule has 4 heteroatoms. The van der Waals surface area contributed by atoms with Gasteiger partial charge < -0.3 is 15.2 Å². The molecule has 1 rings (SSSR count). The van der Waals surface area contributed by atoms with Crippen molar-refractivity contribution in [3.63, 3.8) is 0 Å². The molecule has 2 unspecified atom stereocenters. The molecule has 0 aliphatic carbocycles. The van der Waals surface area contributed by atoms with Crippen LogP contribution in [0.25, 0.3) is 0 Å². The molecular formula is C15H22N2O2. The highest BCUT2D eigenvalue weighted by atomic mass is 16.5. The first-order valence-corrected chi connectivity index (χ1v) is 6.68. The molecule has 19 heavy (non-hydrogen) atoms. The normalized spacial score (nSPS) is 13.4. The van der Waals surface area contributed by atoms with Crippen LogP contribution in [0.4, 0.5) is 0 Å². The van der Waals surface area contributed by atoms with Crippen LogP contribution in [0.3, 0.4) is 0 Å². The van der Waals surface area contributed by atoms with Gasteiger partial charge in [-0.15, -0.1) is 0 Å². The maximum Gasteiger partial charge on any atom is 0.184 e. The number of nitriles is 1. The van der Waals surface area contributed by atoms with E-state index in [1.54, 1.807) is 0 Å². The van der Waals surface area contributed by atoms with Crippen LogP contribution in [0, 0.1) is 11.3 Å². The van der Waals surface area contributed by atoms with Gasteiger partial charge >= 0.3 is 0 Å². The number of para-hydroxylation sites is 1. The third kappa shape index (κ3) is 4.46. The molecule has 0 aliphatic rings. The van der Waals surface area contributed by atoms with E-state index in [-0.39, 0.29) is 6.04 Å². The highest BCUT2D eigenvalue weighted by Crippen LogP contribution is 2.33. The molecule has 0 aromatic heterocycles. The van der Waals surface area contributed by atoms with Crippen LogP contribution in [-0.2, 0) is 6.42 Å². The summed E-state index contributed by atoms with van der Waals surface area (Å²) in [6.45, 7) is 6.34. The molecule has 0 aliphatic heterocycles. The molecule has 104 valence electrons. The first kappa shape index (κ1) is 15.3. The maximum absolute atomic E-state index is 9.04. The molecule has 2 N–H and O–H groups in total. The van der Waals surface area contributed by atoms with Crippen molar-refractivity contribution in [3.05, 3.63) is 23.8 Å². The third-order valence-electron chi connectivity index (χ3n) is 2.68. The van der Waals surface area contributed by atoms with E-state index in [4.69, 9.17) is 20.5 Å². The molecule has 0 radical (unpaired) electrons. The minimum absolute atomic E-state index is 0.0291. The number of benzene rings is 1. The zero-order valence-corrected chi connectivity index (χ0v) is 11.8. The zero-order valence-electron chi connectivity index (χ0n) is 11.8. The van der Waals surface area contributed by atoms with Crippen LogP contribution in [-0.4, -0.2) is 18.8 Å². The van der Waals surface area contributed by atoms with Crippen molar-refractivity contribution in [2.75, 3.05) is 6.61 Å². The van der Waals surface area contributed by atoms with Crippen LogP contribution in [0.5, 0.6) is 11.5 Å². The first-order chi connectivity index (χ1) is 9.12. The first-order valence-electron chi connectivity index (χ1n) is 6.68. The summed E-state index contributed by atoms with van der Waals surface area (Å²) in [7, 11) is 0. The van der Waals surface area contributed by atoms with Gasteiger partial charge in [0.15, 0.2) is 17.6 Å². The predicted octanol–water partition coefficient (Wildman–Crippen LogP) is 2.66. The highest BCUT2D eigenvalue weighted by Gasteiger charge is 2.16. The molecule has 0 bridgehead atoms. The average Bonchev–Trinajstić information content (AvgIpc) is 2.38. The van der Waals surface area contributed by atoms with E-state index in [2.05, 4.69) is 6.07 Å². The third-order valence-corrected chi connectivity index (χ3v) is 2.68. The Bertz CT molecular complexity index is 438. The number of hydrogen-bond donors (Lipinski definition) is 1. The lowest BCUT2D eigenvalue weighted by Gasteiger charge is -2.19. The summed E-state index contributed by atoms with van der Waals surface area (Å²) in [5.74, 6) is 1.32. The van der Waals surface area contributed by atoms with Crippen LogP contribution >= 0.6 is 0 Å². The minimum atomic E-state index is -0.464. The van der Waals surface area contributed by atoms with Gasteiger partial charge in [-0.05, 0) is 38.3 Å². The summed E-state index contributed by atoms with van der Waals surface area (Å²) in [4.78, 5) is 0. The van der Waals surface area contributed by atoms with E-state index < -0.39 is 6.10 Å². The minimum Gasteiger partial charge on any atom is -0.490 e. The van der Waals surface area contributed by atoms with Gasteiger partial charge in [0.2, 0.25) is 0 Å². The molecular weight excluding hydrogens is 240 g/mol. The van der Waals surface area contributed by atoms with Gasteiger partial charge in [0.1, 0.15) is 6.07 Å². The Kier molecular flexibility index (Phi) is 6.17. The Morgan fingerprint density at radius 3 is 2.63 bits per heavy atom. The number of nitrogens with two attached hydrogens (primary N) is 1. The van der Waals surface area contributed by atoms with Crippen molar-refractivity contribution < 1.29 is 9.47 Å². The van der Waals surface area contributed by atoms with Gasteiger partial charge in [0, 0.05) is 6.04 Å². The standard InChI is InChI=1S/C15H22N2O2/c1-4-13(10-16)19-15-12(9-11(3)17)7-6-8-14(15)18-5-2/h6-8,11,13H,4-5,9,17H2,1-3H3. The summed E-state index contributed by atoms with van der Waals surface area (Å²) < 4.78 is 11.4. The fraction of sp³-hybridized carbons (Fsp3) is 0.533. The second-order valence-corrected chi connectivity index (χ2v) is 4.50. The SMILES string of the molecule is CCOc1cccc(CC(C)N)c1OC(C#N)CC. The van der Waals surface area contributed by atoms with Gasteiger partial charge in [-0.3, -0.25) is 0 Å². The van der Waals surface area contributed by atoms with E-state index in [1.807, 2.05) is 39.0 Å². The van der Waals surface area contributed by atoms with Gasteiger partial charge in [0.25, 0.3) is 0 Å². The maximum atomic E-state index is 9.04. The molecule has 4 nitrogen and oxygen atoms in total. The summed E-state index contributed by atoms with van der Waals surface area (Å²) in [6, 6.07) is 7.91. The van der Waals surface area contributed by atoms with Crippen LogP contribution in [0.15, 0.2) is 18.2 Å². The van der Waals surface area contributed by atoms with E-state index in [0.29, 0.717) is 30.9 Å². The molecule has 1 aromatic carbocycles. The van der Waals surface area contributed by atoms with Gasteiger partial charge in [0.05, 0.1) is 6.61 Å². The summed E-state index contributed by atoms with van der Waals surface area (Å²) in [5.41, 5.74) is 6.83. The Hall–Kier alpha value is -1.73. The molecule has 2 atom stereocenters. The van der Waals surface area contributed by atoms with Crippen LogP contribution in [0.2, 0.25) is 0 Å². The molecule has 0 saturated carbocycles. The molecule has 0 fully saturated rings. The fourth-order valence-electron chi connectivity index (χ4n) is 1.82. The topological polar surface area (TPSA) is 68.3 Å². The number of nitrogens with zero attached hydrogens (tertiary/aromatic N) is 1. The van der Waals surface area contributed by atoms with E-state index in [9.17, 15) is 0 Å². The zero-order chi connectivity index (χ0) is 14.3. The Morgan fingerprint density at radius 2 is 2.11 bits per heavy atom. The second-order valence-electron chi connectivity index (χ2n) is 4.50. The smallest absolute Gasteiger partial charge is 0.184 e. The fourth-order valence-corrected chi connectivity index (χ4v) is 1.82. The molecule has 1 aromatic rings. The highest BCUT2D eigenvalue weighted by molar-refractivity contribution is 5.47. The average molecular weight is 262 g/mol. The Morgan fingerprint density at radius 1 is 1.37 bits per heavy atom. The predicted molar refractivity (Wildman–Crippen MR) is 75.3 cm³/mol. The lowest BCUT2D eigenvalue weighted by Crippen LogP contribution is -2.20. The molecule has 0 spiro atoms. The Labute approximate surface area is 115 Å². The van der Waals surface area contributed by atoms with E-state index in [0.717, 1.165) is 5.56 Å². The van der Waals surface area contributed by atoms with Crippen molar-refractivity contribution in [1.29, 1.82) is 5.26 Å². The largest absolute Gasteiger partial charge is 0.490 e. The van der Waals surface area contributed by atoms with Crippen molar-refractivity contribution in [2.24, 2.45) is 5.73 Å². The lowest BCUT2D eigenvalue weighted by atomic mass is 10.1. The van der Waals surface area contributed by atoms with Gasteiger partial charge in [-0.2, -0.15) is 5.26 Å².